The van der Waals surface area contributed by atoms with E-state index in [0.717, 1.165) is 22.1 Å². The summed E-state index contributed by atoms with van der Waals surface area (Å²) in [5.41, 5.74) is 1.05. The van der Waals surface area contributed by atoms with Crippen LogP contribution in [-0.2, 0) is 6.42 Å². The van der Waals surface area contributed by atoms with Crippen LogP contribution in [0, 0.1) is 0 Å². The predicted octanol–water partition coefficient (Wildman–Crippen LogP) is 3.73. The van der Waals surface area contributed by atoms with Crippen molar-refractivity contribution in [3.05, 3.63) is 53.3 Å². The fourth-order valence-corrected chi connectivity index (χ4v) is 2.05. The van der Waals surface area contributed by atoms with E-state index in [2.05, 4.69) is 45.7 Å². The van der Waals surface area contributed by atoms with Crippen LogP contribution in [0.2, 0.25) is 0 Å². The zero-order valence-corrected chi connectivity index (χ0v) is 9.29. The number of aromatic nitrogens is 1. The Bertz CT molecular complexity index is 477. The lowest BCUT2D eigenvalue weighted by molar-refractivity contribution is 1.11. The molecular formula is C12H10BrN. The standard InChI is InChI=1S/C12H10BrN/c1-2-5-10-8-9-6-3-4-7-11(9)12(13)14-10/h2-4,6-8H,1,5H2. The summed E-state index contributed by atoms with van der Waals surface area (Å²) in [4.78, 5) is 4.44. The molecule has 0 amide bonds. The maximum Gasteiger partial charge on any atom is 0.114 e. The van der Waals surface area contributed by atoms with E-state index in [9.17, 15) is 0 Å². The van der Waals surface area contributed by atoms with Crippen LogP contribution in [0.15, 0.2) is 47.6 Å². The summed E-state index contributed by atoms with van der Waals surface area (Å²) in [6.07, 6.45) is 2.67. The van der Waals surface area contributed by atoms with Gasteiger partial charge in [-0.2, -0.15) is 0 Å². The molecule has 0 aliphatic carbocycles. The highest BCUT2D eigenvalue weighted by molar-refractivity contribution is 9.10. The second-order valence-corrected chi connectivity index (χ2v) is 3.87. The molecule has 0 saturated carbocycles. The molecule has 70 valence electrons. The summed E-state index contributed by atoms with van der Waals surface area (Å²) in [6.45, 7) is 3.71. The van der Waals surface area contributed by atoms with Gasteiger partial charge in [-0.25, -0.2) is 4.98 Å². The normalized spacial score (nSPS) is 10.4. The summed E-state index contributed by atoms with van der Waals surface area (Å²) in [5, 5.41) is 2.37. The van der Waals surface area contributed by atoms with Gasteiger partial charge in [-0.1, -0.05) is 30.3 Å². The van der Waals surface area contributed by atoms with Crippen LogP contribution in [-0.4, -0.2) is 4.98 Å². The maximum atomic E-state index is 4.44. The highest BCUT2D eigenvalue weighted by atomic mass is 79.9. The van der Waals surface area contributed by atoms with Crippen LogP contribution in [0.3, 0.4) is 0 Å². The fraction of sp³-hybridized carbons (Fsp3) is 0.0833. The lowest BCUT2D eigenvalue weighted by atomic mass is 10.1. The summed E-state index contributed by atoms with van der Waals surface area (Å²) in [5.74, 6) is 0. The molecule has 0 aliphatic rings. The third-order valence-corrected chi connectivity index (χ3v) is 2.70. The molecule has 1 heterocycles. The van der Waals surface area contributed by atoms with Crippen molar-refractivity contribution in [2.45, 2.75) is 6.42 Å². The smallest absolute Gasteiger partial charge is 0.114 e. The first kappa shape index (κ1) is 9.41. The van der Waals surface area contributed by atoms with Crippen LogP contribution >= 0.6 is 15.9 Å². The molecule has 0 radical (unpaired) electrons. The minimum absolute atomic E-state index is 0.809. The Morgan fingerprint density at radius 3 is 2.93 bits per heavy atom. The molecule has 0 N–H and O–H groups in total. The van der Waals surface area contributed by atoms with E-state index in [0.29, 0.717) is 0 Å². The van der Waals surface area contributed by atoms with E-state index in [4.69, 9.17) is 0 Å². The number of allylic oxidation sites excluding steroid dienone is 1. The fourth-order valence-electron chi connectivity index (χ4n) is 1.46. The van der Waals surface area contributed by atoms with Crippen LogP contribution in [0.25, 0.3) is 10.8 Å². The Labute approximate surface area is 91.6 Å². The Morgan fingerprint density at radius 2 is 2.14 bits per heavy atom. The van der Waals surface area contributed by atoms with Crippen molar-refractivity contribution < 1.29 is 0 Å². The zero-order valence-electron chi connectivity index (χ0n) is 7.70. The maximum absolute atomic E-state index is 4.44. The third-order valence-electron chi connectivity index (χ3n) is 2.10. The average molecular weight is 248 g/mol. The van der Waals surface area contributed by atoms with Gasteiger partial charge in [-0.15, -0.1) is 6.58 Å². The zero-order chi connectivity index (χ0) is 9.97. The lowest BCUT2D eigenvalue weighted by Crippen LogP contribution is -1.89. The number of hydrogen-bond acceptors (Lipinski definition) is 1. The largest absolute Gasteiger partial charge is 0.245 e. The van der Waals surface area contributed by atoms with Crippen LogP contribution in [0.1, 0.15) is 5.69 Å². The molecule has 0 aliphatic heterocycles. The molecule has 1 aromatic heterocycles. The van der Waals surface area contributed by atoms with Crippen molar-refractivity contribution in [2.24, 2.45) is 0 Å². The SMILES string of the molecule is C=CCc1cc2ccccc2c(Br)n1. The second kappa shape index (κ2) is 3.93. The number of halogens is 1. The first-order valence-corrected chi connectivity index (χ1v) is 5.25. The quantitative estimate of drug-likeness (QED) is 0.583. The number of nitrogens with zero attached hydrogens (tertiary/aromatic N) is 1. The van der Waals surface area contributed by atoms with Crippen LogP contribution < -0.4 is 0 Å². The van der Waals surface area contributed by atoms with Gasteiger partial charge in [0.2, 0.25) is 0 Å². The Hall–Kier alpha value is -1.15. The van der Waals surface area contributed by atoms with Gasteiger partial charge >= 0.3 is 0 Å². The monoisotopic (exact) mass is 247 g/mol. The summed E-state index contributed by atoms with van der Waals surface area (Å²) >= 11 is 3.47. The molecule has 0 unspecified atom stereocenters. The summed E-state index contributed by atoms with van der Waals surface area (Å²) in [7, 11) is 0. The number of fused-ring (bicyclic) bond motifs is 1. The molecule has 2 aromatic rings. The highest BCUT2D eigenvalue weighted by Crippen LogP contribution is 2.22. The lowest BCUT2D eigenvalue weighted by Gasteiger charge is -2.02. The van der Waals surface area contributed by atoms with Gasteiger partial charge in [0, 0.05) is 17.5 Å². The van der Waals surface area contributed by atoms with E-state index < -0.39 is 0 Å². The van der Waals surface area contributed by atoms with E-state index in [1.807, 2.05) is 18.2 Å². The van der Waals surface area contributed by atoms with Gasteiger partial charge in [-0.3, -0.25) is 0 Å². The topological polar surface area (TPSA) is 12.9 Å². The molecule has 0 saturated heterocycles. The average Bonchev–Trinajstić information content (AvgIpc) is 2.18. The minimum Gasteiger partial charge on any atom is -0.245 e. The highest BCUT2D eigenvalue weighted by Gasteiger charge is 2.01. The van der Waals surface area contributed by atoms with Gasteiger partial charge in [-0.05, 0) is 27.4 Å². The van der Waals surface area contributed by atoms with Gasteiger partial charge in [0.1, 0.15) is 4.60 Å². The molecule has 1 aromatic carbocycles. The molecule has 0 bridgehead atoms. The van der Waals surface area contributed by atoms with Crippen molar-refractivity contribution in [1.82, 2.24) is 4.98 Å². The van der Waals surface area contributed by atoms with E-state index in [1.165, 1.54) is 5.39 Å². The Balaban J connectivity index is 2.65. The molecule has 0 fully saturated rings. The molecule has 0 spiro atoms. The molecule has 2 heteroatoms. The molecule has 0 atom stereocenters. The summed E-state index contributed by atoms with van der Waals surface area (Å²) in [6, 6.07) is 10.3. The first-order valence-electron chi connectivity index (χ1n) is 4.46. The van der Waals surface area contributed by atoms with Crippen molar-refractivity contribution in [3.8, 4) is 0 Å². The second-order valence-electron chi connectivity index (χ2n) is 3.12. The number of rotatable bonds is 2. The number of benzene rings is 1. The number of pyridine rings is 1. The minimum atomic E-state index is 0.809. The third kappa shape index (κ3) is 1.70. The molecule has 1 nitrogen and oxygen atoms in total. The number of hydrogen-bond donors (Lipinski definition) is 0. The van der Waals surface area contributed by atoms with E-state index in [-0.39, 0.29) is 0 Å². The van der Waals surface area contributed by atoms with E-state index in [1.54, 1.807) is 0 Å². The van der Waals surface area contributed by atoms with E-state index >= 15 is 0 Å². The molecular weight excluding hydrogens is 238 g/mol. The van der Waals surface area contributed by atoms with Gasteiger partial charge in [0.05, 0.1) is 0 Å². The Kier molecular flexibility index (Phi) is 2.64. The van der Waals surface area contributed by atoms with Crippen molar-refractivity contribution >= 4 is 26.7 Å². The van der Waals surface area contributed by atoms with Crippen molar-refractivity contribution in [1.29, 1.82) is 0 Å². The molecule has 2 rings (SSSR count). The predicted molar refractivity (Wildman–Crippen MR) is 63.3 cm³/mol. The van der Waals surface area contributed by atoms with Gasteiger partial charge in [0.15, 0.2) is 0 Å². The van der Waals surface area contributed by atoms with Crippen molar-refractivity contribution in [3.63, 3.8) is 0 Å². The van der Waals surface area contributed by atoms with Gasteiger partial charge in [0.25, 0.3) is 0 Å². The van der Waals surface area contributed by atoms with Crippen molar-refractivity contribution in [2.75, 3.05) is 0 Å². The first-order chi connectivity index (χ1) is 6.81. The van der Waals surface area contributed by atoms with Gasteiger partial charge < -0.3 is 0 Å². The van der Waals surface area contributed by atoms with Crippen LogP contribution in [0.5, 0.6) is 0 Å². The van der Waals surface area contributed by atoms with Crippen LogP contribution in [0.4, 0.5) is 0 Å². The molecule has 14 heavy (non-hydrogen) atoms. The summed E-state index contributed by atoms with van der Waals surface area (Å²) < 4.78 is 0.910. The Morgan fingerprint density at radius 1 is 1.36 bits per heavy atom.